The van der Waals surface area contributed by atoms with Gasteiger partial charge in [0, 0.05) is 80.4 Å². The fourth-order valence-electron chi connectivity index (χ4n) is 11.6. The van der Waals surface area contributed by atoms with Crippen molar-refractivity contribution in [3.63, 3.8) is 0 Å². The molecule has 1 aliphatic carbocycles. The lowest BCUT2D eigenvalue weighted by Crippen LogP contribution is -2.62. The summed E-state index contributed by atoms with van der Waals surface area (Å²) in [6, 6.07) is 29.2. The van der Waals surface area contributed by atoms with Gasteiger partial charge in [-0.15, -0.1) is 0 Å². The van der Waals surface area contributed by atoms with E-state index in [1.165, 1.54) is 27.9 Å². The Morgan fingerprint density at radius 1 is 0.836 bits per heavy atom. The molecule has 4 atom stereocenters. The molecule has 4 aromatic rings. The number of aryl methyl sites for hydroxylation is 1. The normalized spacial score (nSPS) is 25.5. The minimum Gasteiger partial charge on any atom is -0.508 e. The number of phenolic OH excluding ortho intramolecular Hbond substituents is 1. The number of ether oxygens (including phenoxy) is 1. The number of nitrogens with zero attached hydrogens (tertiary/aromatic N) is 5. The summed E-state index contributed by atoms with van der Waals surface area (Å²) in [4.78, 5) is 62.1. The number of aromatic hydroxyl groups is 1. The predicted octanol–water partition coefficient (Wildman–Crippen LogP) is 5.03. The molecule has 2 N–H and O–H groups in total. The summed E-state index contributed by atoms with van der Waals surface area (Å²) in [5, 5.41) is 12.6. The number of hydrogen-bond acceptors (Lipinski definition) is 9. The number of amides is 4. The minimum absolute atomic E-state index is 0.0910. The van der Waals surface area contributed by atoms with Crippen molar-refractivity contribution < 1.29 is 29.0 Å². The molecule has 314 valence electrons. The Morgan fingerprint density at radius 2 is 1.64 bits per heavy atom. The number of rotatable bonds is 6. The number of anilines is 2. The van der Waals surface area contributed by atoms with Crippen LogP contribution in [0.5, 0.6) is 11.5 Å². The second kappa shape index (κ2) is 14.9. The number of fused-ring (bicyclic) bond motifs is 6. The van der Waals surface area contributed by atoms with Crippen LogP contribution in [-0.4, -0.2) is 114 Å². The lowest BCUT2D eigenvalue weighted by atomic mass is 9.69. The van der Waals surface area contributed by atoms with E-state index in [-0.39, 0.29) is 48.1 Å². The molecule has 6 heterocycles. The molecular weight excluding hydrogens is 769 g/mol. The maximum absolute atomic E-state index is 13.7. The third-order valence-corrected chi connectivity index (χ3v) is 15.0. The number of phenols is 1. The Kier molecular flexibility index (Phi) is 9.32. The van der Waals surface area contributed by atoms with Crippen molar-refractivity contribution in [1.82, 2.24) is 20.0 Å². The third kappa shape index (κ3) is 6.70. The maximum Gasteiger partial charge on any atom is 0.255 e. The lowest BCUT2D eigenvalue weighted by Gasteiger charge is -2.55. The van der Waals surface area contributed by atoms with Crippen molar-refractivity contribution in [2.75, 3.05) is 68.8 Å². The quantitative estimate of drug-likeness (QED) is 0.258. The van der Waals surface area contributed by atoms with Crippen molar-refractivity contribution in [1.29, 1.82) is 0 Å². The third-order valence-electron chi connectivity index (χ3n) is 15.0. The SMILES string of the molecule is O=C1CCC(N2Cc3c(ccc4c3OC[C@H]3CN(CC(=O)N5CCC6(CC5)CN(c5ccc([C@@H]7c8ccc(O)cc8CC[C@@H]7c7ccccc7)cc5)C6)CCN43)C2=O)C(=O)N1. The molecule has 0 radical (unpaired) electrons. The van der Waals surface area contributed by atoms with E-state index in [2.05, 4.69) is 85.6 Å². The highest BCUT2D eigenvalue weighted by atomic mass is 16.5. The van der Waals surface area contributed by atoms with Crippen molar-refractivity contribution in [3.05, 3.63) is 118 Å². The molecule has 12 heteroatoms. The van der Waals surface area contributed by atoms with Gasteiger partial charge in [-0.2, -0.15) is 0 Å². The topological polar surface area (TPSA) is 126 Å². The Labute approximate surface area is 356 Å². The number of likely N-dealkylation sites (tertiary alicyclic amines) is 1. The minimum atomic E-state index is -0.665. The van der Waals surface area contributed by atoms with Crippen LogP contribution in [0.1, 0.15) is 82.1 Å². The average Bonchev–Trinajstić information content (AvgIpc) is 3.61. The Morgan fingerprint density at radius 3 is 2.43 bits per heavy atom. The summed E-state index contributed by atoms with van der Waals surface area (Å²) in [5.74, 6) is 0.938. The summed E-state index contributed by atoms with van der Waals surface area (Å²) in [7, 11) is 0. The molecule has 11 rings (SSSR count). The molecule has 0 saturated carbocycles. The van der Waals surface area contributed by atoms with Gasteiger partial charge in [0.2, 0.25) is 17.7 Å². The largest absolute Gasteiger partial charge is 0.508 e. The van der Waals surface area contributed by atoms with Gasteiger partial charge in [0.25, 0.3) is 5.91 Å². The number of piperidine rings is 2. The summed E-state index contributed by atoms with van der Waals surface area (Å²) in [5.41, 5.74) is 9.07. The van der Waals surface area contributed by atoms with Crippen LogP contribution in [0.25, 0.3) is 0 Å². The second-order valence-corrected chi connectivity index (χ2v) is 18.5. The van der Waals surface area contributed by atoms with Crippen LogP contribution < -0.4 is 19.9 Å². The van der Waals surface area contributed by atoms with E-state index in [1.807, 2.05) is 24.3 Å². The van der Waals surface area contributed by atoms with E-state index >= 15 is 0 Å². The number of imide groups is 1. The zero-order valence-corrected chi connectivity index (χ0v) is 34.4. The van der Waals surface area contributed by atoms with E-state index in [4.69, 9.17) is 4.74 Å². The van der Waals surface area contributed by atoms with Gasteiger partial charge >= 0.3 is 0 Å². The van der Waals surface area contributed by atoms with Crippen molar-refractivity contribution >= 4 is 35.0 Å². The second-order valence-electron chi connectivity index (χ2n) is 18.5. The van der Waals surface area contributed by atoms with Gasteiger partial charge in [0.15, 0.2) is 0 Å². The molecule has 61 heavy (non-hydrogen) atoms. The van der Waals surface area contributed by atoms with Gasteiger partial charge in [-0.25, -0.2) is 0 Å². The Balaban J connectivity index is 0.680. The van der Waals surface area contributed by atoms with Crippen molar-refractivity contribution in [3.8, 4) is 11.5 Å². The summed E-state index contributed by atoms with van der Waals surface area (Å²) >= 11 is 0. The van der Waals surface area contributed by atoms with Gasteiger partial charge in [0.1, 0.15) is 24.1 Å². The highest BCUT2D eigenvalue weighted by molar-refractivity contribution is 6.06. The first-order chi connectivity index (χ1) is 29.7. The van der Waals surface area contributed by atoms with Crippen LogP contribution in [-0.2, 0) is 27.3 Å². The number of hydrogen-bond donors (Lipinski definition) is 2. The number of nitrogens with one attached hydrogen (secondary N) is 1. The first-order valence-electron chi connectivity index (χ1n) is 22.1. The van der Waals surface area contributed by atoms with Crippen LogP contribution in [0.15, 0.2) is 84.9 Å². The van der Waals surface area contributed by atoms with Crippen molar-refractivity contribution in [2.45, 2.75) is 69.0 Å². The predicted molar refractivity (Wildman–Crippen MR) is 230 cm³/mol. The molecule has 0 aromatic heterocycles. The summed E-state index contributed by atoms with van der Waals surface area (Å²) in [6.45, 7) is 7.00. The lowest BCUT2D eigenvalue weighted by molar-refractivity contribution is -0.137. The van der Waals surface area contributed by atoms with Crippen molar-refractivity contribution in [2.24, 2.45) is 5.41 Å². The van der Waals surface area contributed by atoms with Gasteiger partial charge < -0.3 is 29.4 Å². The molecule has 7 aliphatic rings. The van der Waals surface area contributed by atoms with Crippen LogP contribution in [0.2, 0.25) is 0 Å². The van der Waals surface area contributed by atoms with Gasteiger partial charge in [-0.1, -0.05) is 48.5 Å². The average molecular weight is 821 g/mol. The van der Waals surface area contributed by atoms with Crippen LogP contribution in [0.4, 0.5) is 11.4 Å². The number of benzene rings is 4. The Hall–Kier alpha value is -5.88. The summed E-state index contributed by atoms with van der Waals surface area (Å²) in [6.07, 6.45) is 4.59. The molecule has 12 nitrogen and oxygen atoms in total. The first kappa shape index (κ1) is 38.1. The highest BCUT2D eigenvalue weighted by Crippen LogP contribution is 2.49. The zero-order chi connectivity index (χ0) is 41.4. The van der Waals surface area contributed by atoms with Gasteiger partial charge in [-0.05, 0) is 96.7 Å². The molecular formula is C49H52N6O6. The fourth-order valence-corrected chi connectivity index (χ4v) is 11.6. The van der Waals surface area contributed by atoms with Crippen LogP contribution >= 0.6 is 0 Å². The number of piperazine rings is 1. The van der Waals surface area contributed by atoms with E-state index in [9.17, 15) is 24.3 Å². The molecule has 1 unspecified atom stereocenters. The number of carbonyl (C=O) groups excluding carboxylic acids is 4. The molecule has 4 saturated heterocycles. The van der Waals surface area contributed by atoms with Gasteiger partial charge in [0.05, 0.1) is 24.8 Å². The van der Waals surface area contributed by atoms with Gasteiger partial charge in [-0.3, -0.25) is 29.4 Å². The molecule has 4 amide bonds. The standard InChI is InChI=1S/C49H52N6O6/c56-36-11-13-38-33(24-36)8-12-37(31-4-2-1-3-5-31)45(38)32-6-9-34(10-7-32)53-29-49(30-53)18-20-52(21-19-49)44(58)27-51-22-23-54-35(25-51)28-61-46-40-26-55(42-16-17-43(57)50-47(42)59)48(60)39(40)14-15-41(46)54/h1-7,9-11,13-15,24,35,37,42,45,56H,8,12,16-23,25-30H2,(H,50,57,59)/t35-,37-,42?,45+/m1/s1. The molecule has 1 spiro atoms. The molecule has 4 aromatic carbocycles. The molecule has 0 bridgehead atoms. The highest BCUT2D eigenvalue weighted by Gasteiger charge is 2.47. The van der Waals surface area contributed by atoms with Crippen LogP contribution in [0.3, 0.4) is 0 Å². The molecule has 4 fully saturated rings. The molecule has 6 aliphatic heterocycles. The van der Waals surface area contributed by atoms with E-state index in [1.54, 1.807) is 4.90 Å². The van der Waals surface area contributed by atoms with E-state index in [0.29, 0.717) is 42.6 Å². The van der Waals surface area contributed by atoms with Crippen LogP contribution in [0, 0.1) is 5.41 Å². The first-order valence-corrected chi connectivity index (χ1v) is 22.1. The Bertz CT molecular complexity index is 2410. The van der Waals surface area contributed by atoms with E-state index in [0.717, 1.165) is 82.7 Å². The monoisotopic (exact) mass is 820 g/mol. The maximum atomic E-state index is 13.7. The smallest absolute Gasteiger partial charge is 0.255 e. The number of carbonyl (C=O) groups is 4. The zero-order valence-electron chi connectivity index (χ0n) is 34.4. The fraction of sp³-hybridized carbons (Fsp3) is 0.429. The summed E-state index contributed by atoms with van der Waals surface area (Å²) < 4.78 is 6.38. The van der Waals surface area contributed by atoms with E-state index < -0.39 is 11.9 Å².